The fraction of sp³-hybridized carbons (Fsp3) is 0.227. The molecule has 0 atom stereocenters. The maximum Gasteiger partial charge on any atom is 0.263 e. The minimum absolute atomic E-state index is 0. The number of imidazole rings is 1. The lowest BCUT2D eigenvalue weighted by Crippen LogP contribution is -2.33. The molecule has 4 aromatic rings. The van der Waals surface area contributed by atoms with E-state index in [1.807, 2.05) is 22.9 Å². The van der Waals surface area contributed by atoms with Gasteiger partial charge in [0.15, 0.2) is 5.13 Å². The molecule has 9 heteroatoms. The number of rotatable bonds is 7. The van der Waals surface area contributed by atoms with E-state index >= 15 is 0 Å². The average Bonchev–Trinajstić information content (AvgIpc) is 3.39. The highest BCUT2D eigenvalue weighted by Gasteiger charge is 2.24. The van der Waals surface area contributed by atoms with Gasteiger partial charge in [-0.25, -0.2) is 18.7 Å². The molecule has 0 radical (unpaired) electrons. The van der Waals surface area contributed by atoms with Crippen LogP contribution in [0.5, 0.6) is 0 Å². The van der Waals surface area contributed by atoms with Crippen molar-refractivity contribution in [2.45, 2.75) is 26.3 Å². The highest BCUT2D eigenvalue weighted by Crippen LogP contribution is 2.31. The molecule has 0 spiro atoms. The molecule has 0 aliphatic rings. The number of hydrogen-bond donors (Lipinski definition) is 0. The number of carbonyl (C=O) groups excluding carboxylic acids is 1. The van der Waals surface area contributed by atoms with Crippen LogP contribution in [0.3, 0.4) is 0 Å². The van der Waals surface area contributed by atoms with Crippen molar-refractivity contribution >= 4 is 45.0 Å². The highest BCUT2D eigenvalue weighted by atomic mass is 35.5. The molecule has 4 rings (SSSR count). The summed E-state index contributed by atoms with van der Waals surface area (Å²) in [5, 5.41) is 0.498. The number of anilines is 1. The van der Waals surface area contributed by atoms with Crippen LogP contribution in [0.2, 0.25) is 0 Å². The Morgan fingerprint density at radius 2 is 2.03 bits per heavy atom. The lowest BCUT2D eigenvalue weighted by atomic mass is 10.1. The van der Waals surface area contributed by atoms with Crippen molar-refractivity contribution in [2.75, 3.05) is 11.4 Å². The van der Waals surface area contributed by atoms with Crippen LogP contribution in [-0.2, 0) is 13.0 Å². The van der Waals surface area contributed by atoms with Gasteiger partial charge in [-0.1, -0.05) is 24.3 Å². The zero-order valence-electron chi connectivity index (χ0n) is 16.8. The number of carbonyl (C=O) groups is 1. The first-order chi connectivity index (χ1) is 14.5. The van der Waals surface area contributed by atoms with Crippen molar-refractivity contribution < 1.29 is 13.6 Å². The first kappa shape index (κ1) is 22.8. The summed E-state index contributed by atoms with van der Waals surface area (Å²) in [7, 11) is 0. The molecule has 2 heterocycles. The van der Waals surface area contributed by atoms with E-state index in [1.165, 1.54) is 27.9 Å². The fourth-order valence-electron chi connectivity index (χ4n) is 3.22. The predicted molar refractivity (Wildman–Crippen MR) is 121 cm³/mol. The van der Waals surface area contributed by atoms with Crippen molar-refractivity contribution in [2.24, 2.45) is 0 Å². The van der Waals surface area contributed by atoms with Crippen molar-refractivity contribution in [1.82, 2.24) is 14.5 Å². The van der Waals surface area contributed by atoms with E-state index in [2.05, 4.69) is 23.0 Å². The summed E-state index contributed by atoms with van der Waals surface area (Å²) >= 11 is 1.39. The second-order valence-electron chi connectivity index (χ2n) is 6.89. The number of nitrogens with zero attached hydrogens (tertiary/aromatic N) is 4. The van der Waals surface area contributed by atoms with Crippen molar-refractivity contribution in [3.63, 3.8) is 0 Å². The largest absolute Gasteiger partial charge is 0.337 e. The third kappa shape index (κ3) is 5.08. The van der Waals surface area contributed by atoms with Crippen molar-refractivity contribution in [1.29, 1.82) is 0 Å². The monoisotopic (exact) mass is 462 g/mol. The standard InChI is InChI=1S/C22H20F2N4OS.ClH/c1-2-15-4-7-19-20(12-15)30-22(26-19)28(10-3-9-27-11-8-25-14-27)21(29)17-6-5-16(23)13-18(17)24;/h4-8,11-14H,2-3,9-10H2,1H3;1H. The van der Waals surface area contributed by atoms with Gasteiger partial charge in [0, 0.05) is 31.5 Å². The van der Waals surface area contributed by atoms with Gasteiger partial charge >= 0.3 is 0 Å². The summed E-state index contributed by atoms with van der Waals surface area (Å²) in [6.07, 6.45) is 6.76. The minimum Gasteiger partial charge on any atom is -0.337 e. The van der Waals surface area contributed by atoms with E-state index in [0.29, 0.717) is 24.6 Å². The summed E-state index contributed by atoms with van der Waals surface area (Å²) in [6, 6.07) is 8.99. The summed E-state index contributed by atoms with van der Waals surface area (Å²) in [6.45, 7) is 3.07. The number of fused-ring (bicyclic) bond motifs is 1. The Balaban J connectivity index is 0.00000272. The molecule has 5 nitrogen and oxygen atoms in total. The van der Waals surface area contributed by atoms with Crippen LogP contribution >= 0.6 is 23.7 Å². The molecule has 0 saturated heterocycles. The Morgan fingerprint density at radius 1 is 1.19 bits per heavy atom. The molecule has 31 heavy (non-hydrogen) atoms. The normalized spacial score (nSPS) is 10.8. The maximum absolute atomic E-state index is 14.3. The van der Waals surface area contributed by atoms with Crippen LogP contribution in [0.25, 0.3) is 10.2 Å². The number of aryl methyl sites for hydroxylation is 2. The smallest absolute Gasteiger partial charge is 0.263 e. The van der Waals surface area contributed by atoms with Gasteiger partial charge in [-0.3, -0.25) is 9.69 Å². The van der Waals surface area contributed by atoms with E-state index in [9.17, 15) is 13.6 Å². The van der Waals surface area contributed by atoms with E-state index < -0.39 is 17.5 Å². The van der Waals surface area contributed by atoms with Crippen molar-refractivity contribution in [3.05, 3.63) is 77.9 Å². The molecule has 1 amide bonds. The zero-order chi connectivity index (χ0) is 21.1. The Morgan fingerprint density at radius 3 is 2.74 bits per heavy atom. The third-order valence-corrected chi connectivity index (χ3v) is 5.89. The first-order valence-electron chi connectivity index (χ1n) is 9.67. The summed E-state index contributed by atoms with van der Waals surface area (Å²) in [5.41, 5.74) is 1.80. The minimum atomic E-state index is -0.881. The number of halogens is 3. The lowest BCUT2D eigenvalue weighted by Gasteiger charge is -2.20. The highest BCUT2D eigenvalue weighted by molar-refractivity contribution is 7.22. The molecule has 2 aromatic heterocycles. The zero-order valence-corrected chi connectivity index (χ0v) is 18.4. The van der Waals surface area contributed by atoms with Crippen LogP contribution in [0.15, 0.2) is 55.1 Å². The summed E-state index contributed by atoms with van der Waals surface area (Å²) < 4.78 is 30.5. The van der Waals surface area contributed by atoms with E-state index in [4.69, 9.17) is 0 Å². The Bertz CT molecular complexity index is 1180. The number of aromatic nitrogens is 3. The van der Waals surface area contributed by atoms with Gasteiger partial charge in [-0.15, -0.1) is 12.4 Å². The molecule has 0 fully saturated rings. The van der Waals surface area contributed by atoms with Gasteiger partial charge in [-0.2, -0.15) is 0 Å². The van der Waals surface area contributed by atoms with Crippen LogP contribution in [0, 0.1) is 11.6 Å². The summed E-state index contributed by atoms with van der Waals surface area (Å²) in [5.74, 6) is -2.13. The quantitative estimate of drug-likeness (QED) is 0.365. The number of thiazole rings is 1. The average molecular weight is 463 g/mol. The molecular formula is C22H21ClF2N4OS. The van der Waals surface area contributed by atoms with Gasteiger partial charge < -0.3 is 4.57 Å². The first-order valence-corrected chi connectivity index (χ1v) is 10.5. The summed E-state index contributed by atoms with van der Waals surface area (Å²) in [4.78, 5) is 23.3. The van der Waals surface area contributed by atoms with Crippen molar-refractivity contribution in [3.8, 4) is 0 Å². The molecule has 162 valence electrons. The molecule has 2 aromatic carbocycles. The maximum atomic E-state index is 14.3. The fourth-order valence-corrected chi connectivity index (χ4v) is 4.27. The van der Waals surface area contributed by atoms with E-state index in [-0.39, 0.29) is 18.0 Å². The SMILES string of the molecule is CCc1ccc2nc(N(CCCn3ccnc3)C(=O)c3ccc(F)cc3F)sc2c1.Cl. The van der Waals surface area contributed by atoms with Gasteiger partial charge in [0.1, 0.15) is 11.6 Å². The lowest BCUT2D eigenvalue weighted by molar-refractivity contribution is 0.0982. The Kier molecular flexibility index (Phi) is 7.35. The predicted octanol–water partition coefficient (Wildman–Crippen LogP) is 5.49. The topological polar surface area (TPSA) is 51.0 Å². The van der Waals surface area contributed by atoms with Crippen LogP contribution < -0.4 is 4.90 Å². The van der Waals surface area contributed by atoms with Gasteiger partial charge in [0.25, 0.3) is 5.91 Å². The number of benzene rings is 2. The molecule has 0 unspecified atom stereocenters. The Hall–Kier alpha value is -2.84. The number of amides is 1. The second kappa shape index (κ2) is 9.98. The number of hydrogen-bond acceptors (Lipinski definition) is 4. The molecule has 0 aliphatic carbocycles. The second-order valence-corrected chi connectivity index (χ2v) is 7.90. The van der Waals surface area contributed by atoms with E-state index in [0.717, 1.165) is 28.8 Å². The molecule has 0 aliphatic heterocycles. The van der Waals surface area contributed by atoms with Gasteiger partial charge in [0.05, 0.1) is 22.1 Å². The van der Waals surface area contributed by atoms with Crippen LogP contribution in [0.4, 0.5) is 13.9 Å². The molecule has 0 saturated carbocycles. The van der Waals surface area contributed by atoms with Crippen LogP contribution in [-0.4, -0.2) is 27.0 Å². The molecule has 0 N–H and O–H groups in total. The van der Waals surface area contributed by atoms with Gasteiger partial charge in [0.2, 0.25) is 0 Å². The van der Waals surface area contributed by atoms with Crippen LogP contribution in [0.1, 0.15) is 29.3 Å². The van der Waals surface area contributed by atoms with Gasteiger partial charge in [-0.05, 0) is 42.7 Å². The molecule has 0 bridgehead atoms. The van der Waals surface area contributed by atoms with E-state index in [1.54, 1.807) is 12.5 Å². The third-order valence-electron chi connectivity index (χ3n) is 4.84. The Labute approximate surface area is 188 Å². The molecular weight excluding hydrogens is 442 g/mol.